The molecule has 10 heteroatoms. The van der Waals surface area contributed by atoms with E-state index in [0.29, 0.717) is 6.42 Å². The number of esters is 1. The van der Waals surface area contributed by atoms with Gasteiger partial charge >= 0.3 is 13.8 Å². The summed E-state index contributed by atoms with van der Waals surface area (Å²) >= 11 is 0. The second kappa shape index (κ2) is 36.3. The molecule has 2 atom stereocenters. The molecule has 0 rings (SSSR count). The molecule has 0 heterocycles. The smallest absolute Gasteiger partial charge is 0.463 e. The topological polar surface area (TPSA) is 131 Å². The molecule has 288 valence electrons. The van der Waals surface area contributed by atoms with Crippen LogP contribution >= 0.6 is 7.82 Å². The number of nitrogens with one attached hydrogen (secondary N) is 1. The van der Waals surface area contributed by atoms with Crippen molar-refractivity contribution in [3.8, 4) is 0 Å². The Kier molecular flexibility index (Phi) is 35.2. The molecular formula is C39H74NO8P. The van der Waals surface area contributed by atoms with E-state index in [1.165, 1.54) is 83.5 Å². The first kappa shape index (κ1) is 47.5. The Hall–Kier alpha value is -1.51. The number of allylic oxidation sites excluding steroid dienone is 4. The number of rotatable bonds is 37. The predicted molar refractivity (Wildman–Crippen MR) is 201 cm³/mol. The van der Waals surface area contributed by atoms with Crippen LogP contribution in [0.15, 0.2) is 24.3 Å². The van der Waals surface area contributed by atoms with Gasteiger partial charge in [0.1, 0.15) is 12.7 Å². The van der Waals surface area contributed by atoms with E-state index >= 15 is 0 Å². The molecule has 1 amide bonds. The van der Waals surface area contributed by atoms with Crippen molar-refractivity contribution < 1.29 is 37.9 Å². The van der Waals surface area contributed by atoms with E-state index in [-0.39, 0.29) is 32.1 Å². The molecule has 0 aromatic rings. The fourth-order valence-electron chi connectivity index (χ4n) is 5.36. The average molecular weight is 716 g/mol. The molecule has 0 aromatic heterocycles. The fourth-order valence-corrected chi connectivity index (χ4v) is 6.12. The van der Waals surface area contributed by atoms with Gasteiger partial charge < -0.3 is 20.1 Å². The summed E-state index contributed by atoms with van der Waals surface area (Å²) in [6, 6.07) is 0. The highest BCUT2D eigenvalue weighted by Gasteiger charge is 2.23. The minimum Gasteiger partial charge on any atom is -0.463 e. The van der Waals surface area contributed by atoms with Gasteiger partial charge in [-0.1, -0.05) is 154 Å². The van der Waals surface area contributed by atoms with Gasteiger partial charge in [0.2, 0.25) is 5.91 Å². The molecule has 0 fully saturated rings. The van der Waals surface area contributed by atoms with Crippen molar-refractivity contribution >= 4 is 19.7 Å². The molecule has 0 aromatic carbocycles. The molecule has 49 heavy (non-hydrogen) atoms. The van der Waals surface area contributed by atoms with Gasteiger partial charge in [-0.05, 0) is 38.5 Å². The van der Waals surface area contributed by atoms with Crippen molar-refractivity contribution in [3.63, 3.8) is 0 Å². The maximum Gasteiger partial charge on any atom is 0.472 e. The van der Waals surface area contributed by atoms with Crippen LogP contribution < -0.4 is 5.32 Å². The lowest BCUT2D eigenvalue weighted by molar-refractivity contribution is -0.147. The largest absolute Gasteiger partial charge is 0.472 e. The maximum absolute atomic E-state index is 12.1. The maximum atomic E-state index is 12.1. The van der Waals surface area contributed by atoms with Crippen LogP contribution in [0.3, 0.4) is 0 Å². The van der Waals surface area contributed by atoms with Crippen molar-refractivity contribution in [2.75, 3.05) is 26.4 Å². The first-order valence-corrected chi connectivity index (χ1v) is 21.3. The Balaban J connectivity index is 3.61. The number of aliphatic hydroxyl groups is 1. The molecule has 0 saturated heterocycles. The fraction of sp³-hybridized carbons (Fsp3) is 0.846. The van der Waals surface area contributed by atoms with Crippen LogP contribution in [-0.4, -0.2) is 54.3 Å². The van der Waals surface area contributed by atoms with Crippen LogP contribution in [0.5, 0.6) is 0 Å². The predicted octanol–water partition coefficient (Wildman–Crippen LogP) is 10.4. The summed E-state index contributed by atoms with van der Waals surface area (Å²) in [6.07, 6.45) is 36.7. The van der Waals surface area contributed by atoms with Gasteiger partial charge in [0.25, 0.3) is 0 Å². The van der Waals surface area contributed by atoms with Crippen molar-refractivity contribution in [2.24, 2.45) is 0 Å². The Morgan fingerprint density at radius 3 is 1.71 bits per heavy atom. The summed E-state index contributed by atoms with van der Waals surface area (Å²) in [7, 11) is -4.41. The zero-order valence-electron chi connectivity index (χ0n) is 31.4. The van der Waals surface area contributed by atoms with Crippen LogP contribution in [-0.2, 0) is 27.9 Å². The highest BCUT2D eigenvalue weighted by Crippen LogP contribution is 2.42. The van der Waals surface area contributed by atoms with Crippen molar-refractivity contribution in [1.29, 1.82) is 0 Å². The zero-order valence-corrected chi connectivity index (χ0v) is 32.3. The summed E-state index contributed by atoms with van der Waals surface area (Å²) in [4.78, 5) is 33.8. The minimum absolute atomic E-state index is 0.0830. The Morgan fingerprint density at radius 1 is 0.633 bits per heavy atom. The van der Waals surface area contributed by atoms with E-state index in [9.17, 15) is 24.2 Å². The molecule has 0 aliphatic rings. The summed E-state index contributed by atoms with van der Waals surface area (Å²) in [5.41, 5.74) is 0. The summed E-state index contributed by atoms with van der Waals surface area (Å²) in [5, 5.41) is 12.6. The summed E-state index contributed by atoms with van der Waals surface area (Å²) < 4.78 is 26.8. The third-order valence-corrected chi connectivity index (χ3v) is 9.35. The summed E-state index contributed by atoms with van der Waals surface area (Å²) in [5.74, 6) is -0.528. The quantitative estimate of drug-likeness (QED) is 0.0251. The van der Waals surface area contributed by atoms with Crippen LogP contribution in [0.1, 0.15) is 181 Å². The Labute approximate surface area is 300 Å². The molecule has 2 unspecified atom stereocenters. The standard InChI is InChI=1S/C39H74NO8P/c1-3-5-7-9-11-13-15-17-18-20-21-23-25-27-29-31-38(42)40-33-34-47-49(44,45)48-36-37(41)35-46-39(43)32-30-28-26-24-22-19-16-14-12-10-8-6-4-2/h8,10,14,16,37,41H,3-7,9,11-13,15,17-36H2,1-2H3,(H,40,42)(H,44,45)/b10-8-,16-14-. The van der Waals surface area contributed by atoms with Crippen molar-refractivity contribution in [1.82, 2.24) is 5.32 Å². The number of carbonyl (C=O) groups excluding carboxylic acids is 2. The lowest BCUT2D eigenvalue weighted by Crippen LogP contribution is -2.27. The molecule has 3 N–H and O–H groups in total. The highest BCUT2D eigenvalue weighted by molar-refractivity contribution is 7.47. The first-order chi connectivity index (χ1) is 23.8. The van der Waals surface area contributed by atoms with Gasteiger partial charge in [-0.25, -0.2) is 4.57 Å². The third-order valence-electron chi connectivity index (χ3n) is 8.37. The van der Waals surface area contributed by atoms with Gasteiger partial charge in [0.05, 0.1) is 13.2 Å². The Morgan fingerprint density at radius 2 is 1.14 bits per heavy atom. The molecule has 0 bridgehead atoms. The second-order valence-corrected chi connectivity index (χ2v) is 14.7. The lowest BCUT2D eigenvalue weighted by atomic mass is 10.0. The molecule has 0 radical (unpaired) electrons. The number of phosphoric acid groups is 1. The van der Waals surface area contributed by atoms with Gasteiger partial charge in [-0.2, -0.15) is 0 Å². The molecule has 0 saturated carbocycles. The molecular weight excluding hydrogens is 641 g/mol. The summed E-state index contributed by atoms with van der Waals surface area (Å²) in [6.45, 7) is 3.47. The number of amides is 1. The van der Waals surface area contributed by atoms with Crippen LogP contribution in [0, 0.1) is 0 Å². The van der Waals surface area contributed by atoms with E-state index in [1.807, 2.05) is 0 Å². The van der Waals surface area contributed by atoms with Crippen molar-refractivity contribution in [3.05, 3.63) is 24.3 Å². The lowest BCUT2D eigenvalue weighted by Gasteiger charge is -2.15. The van der Waals surface area contributed by atoms with Crippen molar-refractivity contribution in [2.45, 2.75) is 187 Å². The highest BCUT2D eigenvalue weighted by atomic mass is 31.2. The number of carbonyl (C=O) groups is 2. The number of hydrogen-bond acceptors (Lipinski definition) is 7. The van der Waals surface area contributed by atoms with Gasteiger partial charge in [0.15, 0.2) is 0 Å². The van der Waals surface area contributed by atoms with Crippen LogP contribution in [0.2, 0.25) is 0 Å². The normalized spacial score (nSPS) is 13.6. The third kappa shape index (κ3) is 37.6. The SMILES string of the molecule is CCC/C=C\C/C=C\CCCCCCCC(=O)OCC(O)COP(=O)(O)OCCNC(=O)CCCCCCCCCCCCCCCCC. The van der Waals surface area contributed by atoms with E-state index in [0.717, 1.165) is 70.6 Å². The van der Waals surface area contributed by atoms with Crippen LogP contribution in [0.25, 0.3) is 0 Å². The number of aliphatic hydroxyl groups excluding tert-OH is 1. The number of unbranched alkanes of at least 4 members (excludes halogenated alkanes) is 20. The minimum atomic E-state index is -4.41. The van der Waals surface area contributed by atoms with E-state index in [4.69, 9.17) is 13.8 Å². The number of hydrogen-bond donors (Lipinski definition) is 3. The second-order valence-electron chi connectivity index (χ2n) is 13.3. The first-order valence-electron chi connectivity index (χ1n) is 19.8. The van der Waals surface area contributed by atoms with Gasteiger partial charge in [-0.15, -0.1) is 0 Å². The van der Waals surface area contributed by atoms with Gasteiger partial charge in [0, 0.05) is 19.4 Å². The van der Waals surface area contributed by atoms with E-state index in [2.05, 4.69) is 43.5 Å². The molecule has 0 aliphatic carbocycles. The average Bonchev–Trinajstić information content (AvgIpc) is 3.08. The molecule has 0 aliphatic heterocycles. The van der Waals surface area contributed by atoms with E-state index in [1.54, 1.807) is 0 Å². The molecule has 9 nitrogen and oxygen atoms in total. The zero-order chi connectivity index (χ0) is 36.1. The monoisotopic (exact) mass is 716 g/mol. The van der Waals surface area contributed by atoms with Crippen LogP contribution in [0.4, 0.5) is 0 Å². The number of ether oxygens (including phenoxy) is 1. The Bertz CT molecular complexity index is 866. The van der Waals surface area contributed by atoms with E-state index < -0.39 is 26.5 Å². The number of phosphoric ester groups is 1. The van der Waals surface area contributed by atoms with Gasteiger partial charge in [-0.3, -0.25) is 18.6 Å². The molecule has 0 spiro atoms.